The van der Waals surface area contributed by atoms with Crippen LogP contribution in [0.1, 0.15) is 316 Å². The van der Waals surface area contributed by atoms with E-state index in [9.17, 15) is 9.90 Å². The quantitative estimate of drug-likeness (QED) is 0.0454. The number of rotatable bonds is 50. The van der Waals surface area contributed by atoms with Gasteiger partial charge in [0.05, 0.1) is 0 Å². The minimum atomic E-state index is -0.884. The number of hydrogen-bond donors (Lipinski definition) is 0. The molecule has 0 bridgehead atoms. The van der Waals surface area contributed by atoms with Crippen LogP contribution in [-0.4, -0.2) is 30.0 Å². The number of unbranched alkanes of at least 4 members (excludes halogenated alkanes) is 42. The van der Waals surface area contributed by atoms with Gasteiger partial charge in [-0.2, -0.15) is 0 Å². The fourth-order valence-electron chi connectivity index (χ4n) is 9.05. The van der Waals surface area contributed by atoms with Crippen molar-refractivity contribution in [3.05, 3.63) is 0 Å². The molecule has 1 atom stereocenters. The van der Waals surface area contributed by atoms with Crippen LogP contribution in [0.5, 0.6) is 0 Å². The van der Waals surface area contributed by atoms with E-state index in [1.165, 1.54) is 283 Å². The molecule has 0 aromatic heterocycles. The van der Waals surface area contributed by atoms with Crippen LogP contribution in [0.25, 0.3) is 0 Å². The molecule has 336 valence electrons. The van der Waals surface area contributed by atoms with Gasteiger partial charge in [-0.3, -0.25) is 0 Å². The Bertz CT molecular complexity index is 684. The molecule has 0 radical (unpaired) electrons. The van der Waals surface area contributed by atoms with Crippen molar-refractivity contribution < 1.29 is 39.5 Å². The Balaban J connectivity index is 0. The van der Waals surface area contributed by atoms with Crippen LogP contribution in [-0.2, 0) is 4.79 Å². The molecule has 0 amide bonds. The maximum Gasteiger partial charge on any atom is 1.00 e. The Morgan fingerprint density at radius 2 is 0.509 bits per heavy atom. The molecule has 0 N–H and O–H groups in total. The second kappa shape index (κ2) is 52.6. The minimum Gasteiger partial charge on any atom is -0.550 e. The van der Waals surface area contributed by atoms with E-state index < -0.39 is 5.97 Å². The van der Waals surface area contributed by atoms with Crippen molar-refractivity contribution >= 4 is 5.97 Å². The Morgan fingerprint density at radius 1 is 0.333 bits per heavy atom. The summed E-state index contributed by atoms with van der Waals surface area (Å²) in [5, 5.41) is 11.5. The first kappa shape index (κ1) is 59.5. The van der Waals surface area contributed by atoms with Gasteiger partial charge in [0.2, 0.25) is 0 Å². The summed E-state index contributed by atoms with van der Waals surface area (Å²) in [4.78, 5) is 14.0. The minimum absolute atomic E-state index is 0. The zero-order valence-corrected chi connectivity index (χ0v) is 42.3. The molecule has 3 nitrogen and oxygen atoms in total. The number of hydrogen-bond acceptors (Lipinski definition) is 3. The van der Waals surface area contributed by atoms with E-state index in [0.717, 1.165) is 19.5 Å². The van der Waals surface area contributed by atoms with Crippen molar-refractivity contribution in [2.45, 2.75) is 322 Å². The summed E-state index contributed by atoms with van der Waals surface area (Å²) in [7, 11) is 0. The monoisotopic (exact) mass is 812 g/mol. The average Bonchev–Trinajstić information content (AvgIpc) is 3.20. The van der Waals surface area contributed by atoms with Gasteiger partial charge in [-0.25, -0.2) is 0 Å². The number of carboxylic acids is 1. The van der Waals surface area contributed by atoms with Crippen LogP contribution in [0.3, 0.4) is 0 Å². The second-order valence-corrected chi connectivity index (χ2v) is 18.5. The van der Waals surface area contributed by atoms with E-state index in [4.69, 9.17) is 0 Å². The zero-order chi connectivity index (χ0) is 40.7. The third kappa shape index (κ3) is 49.0. The fourth-order valence-corrected chi connectivity index (χ4v) is 9.05. The van der Waals surface area contributed by atoms with Crippen LogP contribution < -0.4 is 34.7 Å². The molecule has 0 saturated heterocycles. The van der Waals surface area contributed by atoms with E-state index >= 15 is 0 Å². The van der Waals surface area contributed by atoms with Crippen LogP contribution >= 0.6 is 0 Å². The second-order valence-electron chi connectivity index (χ2n) is 18.5. The SMILES string of the molecule is CCCCCCCCCCCCCCCCCCCCCCCCN(CCCCCCCCCCCCCCCCCCCCCCCC)C(CC)CC(=O)[O-].[Na+]. The van der Waals surface area contributed by atoms with Gasteiger partial charge in [-0.1, -0.05) is 290 Å². The van der Waals surface area contributed by atoms with Gasteiger partial charge in [0.15, 0.2) is 0 Å². The topological polar surface area (TPSA) is 43.4 Å². The molecule has 0 fully saturated rings. The number of aliphatic carboxylic acids is 1. The van der Waals surface area contributed by atoms with Crippen molar-refractivity contribution in [2.24, 2.45) is 0 Å². The van der Waals surface area contributed by atoms with Crippen LogP contribution in [0.4, 0.5) is 0 Å². The molecule has 0 saturated carbocycles. The molecular weight excluding hydrogens is 706 g/mol. The first-order valence-corrected chi connectivity index (χ1v) is 26.6. The van der Waals surface area contributed by atoms with E-state index in [2.05, 4.69) is 25.7 Å². The summed E-state index contributed by atoms with van der Waals surface area (Å²) in [6.45, 7) is 8.87. The summed E-state index contributed by atoms with van der Waals surface area (Å²) in [6.07, 6.45) is 63.4. The van der Waals surface area contributed by atoms with E-state index in [-0.39, 0.29) is 42.0 Å². The molecular formula is C53H106NNaO2. The molecule has 0 aliphatic heterocycles. The summed E-state index contributed by atoms with van der Waals surface area (Å²) in [5.74, 6) is -0.884. The van der Waals surface area contributed by atoms with Crippen molar-refractivity contribution in [3.8, 4) is 0 Å². The van der Waals surface area contributed by atoms with E-state index in [1.54, 1.807) is 0 Å². The van der Waals surface area contributed by atoms with Gasteiger partial charge in [0, 0.05) is 18.4 Å². The molecule has 0 aliphatic carbocycles. The summed E-state index contributed by atoms with van der Waals surface area (Å²) >= 11 is 0. The van der Waals surface area contributed by atoms with E-state index in [0.29, 0.717) is 0 Å². The summed E-state index contributed by atoms with van der Waals surface area (Å²) in [6, 6.07) is 0.143. The maximum atomic E-state index is 11.5. The van der Waals surface area contributed by atoms with E-state index in [1.807, 2.05) is 0 Å². The smallest absolute Gasteiger partial charge is 0.550 e. The first-order valence-electron chi connectivity index (χ1n) is 26.6. The van der Waals surface area contributed by atoms with Gasteiger partial charge < -0.3 is 14.8 Å². The molecule has 0 heterocycles. The Morgan fingerprint density at radius 3 is 0.667 bits per heavy atom. The molecule has 4 heteroatoms. The van der Waals surface area contributed by atoms with Gasteiger partial charge in [0.25, 0.3) is 0 Å². The van der Waals surface area contributed by atoms with Gasteiger partial charge in [-0.05, 0) is 32.4 Å². The fraction of sp³-hybridized carbons (Fsp3) is 0.981. The Hall–Kier alpha value is 0.430. The largest absolute Gasteiger partial charge is 1.00 e. The van der Waals surface area contributed by atoms with Gasteiger partial charge >= 0.3 is 29.6 Å². The number of carboxylic acid groups (broad SMARTS) is 1. The van der Waals surface area contributed by atoms with Crippen molar-refractivity contribution in [2.75, 3.05) is 13.1 Å². The molecule has 57 heavy (non-hydrogen) atoms. The zero-order valence-electron chi connectivity index (χ0n) is 40.3. The standard InChI is InChI=1S/C53H107NO2.Na/c1-4-7-9-11-13-15-17-19-21-23-25-27-29-31-33-35-37-39-41-43-45-47-49-54(52(6-3)51-53(55)56)50-48-46-44-42-40-38-36-34-32-30-28-26-24-22-20-18-16-14-12-10-8-5-2;/h52H,4-51H2,1-3H3,(H,55,56);/q;+1/p-1. The number of carbonyl (C=O) groups is 1. The molecule has 0 aromatic rings. The Kier molecular flexibility index (Phi) is 54.9. The third-order valence-electron chi connectivity index (χ3n) is 13.0. The molecule has 0 aliphatic rings. The number of nitrogens with zero attached hydrogens (tertiary/aromatic N) is 1. The Labute approximate surface area is 383 Å². The van der Waals surface area contributed by atoms with Gasteiger partial charge in [-0.15, -0.1) is 0 Å². The molecule has 0 spiro atoms. The van der Waals surface area contributed by atoms with Crippen molar-refractivity contribution in [1.29, 1.82) is 0 Å². The third-order valence-corrected chi connectivity index (χ3v) is 13.0. The maximum absolute atomic E-state index is 11.5. The molecule has 0 aromatic carbocycles. The van der Waals surface area contributed by atoms with Gasteiger partial charge in [0.1, 0.15) is 0 Å². The van der Waals surface area contributed by atoms with Crippen molar-refractivity contribution in [1.82, 2.24) is 4.90 Å². The first-order chi connectivity index (χ1) is 27.7. The summed E-state index contributed by atoms with van der Waals surface area (Å²) in [5.41, 5.74) is 0. The summed E-state index contributed by atoms with van der Waals surface area (Å²) < 4.78 is 0. The average molecular weight is 812 g/mol. The van der Waals surface area contributed by atoms with Crippen LogP contribution in [0.2, 0.25) is 0 Å². The van der Waals surface area contributed by atoms with Crippen LogP contribution in [0, 0.1) is 0 Å². The van der Waals surface area contributed by atoms with Crippen LogP contribution in [0.15, 0.2) is 0 Å². The normalized spacial score (nSPS) is 12.1. The molecule has 1 unspecified atom stereocenters. The predicted molar refractivity (Wildman–Crippen MR) is 250 cm³/mol. The predicted octanol–water partition coefficient (Wildman–Crippen LogP) is 14.4. The number of carbonyl (C=O) groups excluding carboxylic acids is 1. The van der Waals surface area contributed by atoms with Crippen molar-refractivity contribution in [3.63, 3.8) is 0 Å². The molecule has 0 rings (SSSR count).